The van der Waals surface area contributed by atoms with Crippen molar-refractivity contribution in [3.05, 3.63) is 53.9 Å². The summed E-state index contributed by atoms with van der Waals surface area (Å²) in [4.78, 5) is 15.9. The topological polar surface area (TPSA) is 73.6 Å². The van der Waals surface area contributed by atoms with Crippen LogP contribution in [-0.2, 0) is 17.8 Å². The maximum atomic E-state index is 11.3. The average Bonchev–Trinajstić information content (AvgIpc) is 2.90. The van der Waals surface area contributed by atoms with Gasteiger partial charge in [0.05, 0.1) is 11.0 Å². The van der Waals surface area contributed by atoms with Gasteiger partial charge in [-0.1, -0.05) is 30.3 Å². The summed E-state index contributed by atoms with van der Waals surface area (Å²) in [6.45, 7) is 0.853. The molecule has 1 aliphatic rings. The van der Waals surface area contributed by atoms with E-state index < -0.39 is 5.97 Å². The van der Waals surface area contributed by atoms with Gasteiger partial charge in [-0.3, -0.25) is 4.79 Å². The van der Waals surface area contributed by atoms with E-state index in [0.29, 0.717) is 42.5 Å². The number of nitrogens with zero attached hydrogens (tertiary/aromatic N) is 2. The van der Waals surface area contributed by atoms with Crippen LogP contribution in [0.5, 0.6) is 11.5 Å². The maximum absolute atomic E-state index is 11.3. The van der Waals surface area contributed by atoms with Crippen LogP contribution in [0.2, 0.25) is 0 Å². The number of carbonyl (C=O) groups is 1. The number of benzene rings is 2. The zero-order chi connectivity index (χ0) is 16.5. The van der Waals surface area contributed by atoms with Gasteiger partial charge >= 0.3 is 5.97 Å². The molecule has 1 aromatic heterocycles. The standard InChI is InChI=1S/C18H16N2O4/c21-18(22)11-20-14-10-16-15(23-6-7-24-16)9-13(14)19-17(20)8-12-4-2-1-3-5-12/h1-5,9-10H,6-8,11H2,(H,21,22). The minimum absolute atomic E-state index is 0.141. The summed E-state index contributed by atoms with van der Waals surface area (Å²) in [5.41, 5.74) is 2.54. The zero-order valence-corrected chi connectivity index (χ0v) is 12.9. The Kier molecular flexibility index (Phi) is 3.57. The second-order valence-electron chi connectivity index (χ2n) is 5.65. The summed E-state index contributed by atoms with van der Waals surface area (Å²) in [6.07, 6.45) is 0.565. The first kappa shape index (κ1) is 14.6. The predicted octanol–water partition coefficient (Wildman–Crippen LogP) is 2.48. The molecule has 0 fully saturated rings. The van der Waals surface area contributed by atoms with Crippen molar-refractivity contribution in [1.29, 1.82) is 0 Å². The molecule has 1 N–H and O–H groups in total. The van der Waals surface area contributed by atoms with Gasteiger partial charge in [0.2, 0.25) is 0 Å². The van der Waals surface area contributed by atoms with Gasteiger partial charge in [0.25, 0.3) is 0 Å². The van der Waals surface area contributed by atoms with Gasteiger partial charge < -0.3 is 19.1 Å². The van der Waals surface area contributed by atoms with Gasteiger partial charge in [0, 0.05) is 18.6 Å². The second kappa shape index (κ2) is 5.88. The fourth-order valence-corrected chi connectivity index (χ4v) is 2.94. The largest absolute Gasteiger partial charge is 0.486 e. The molecule has 0 saturated carbocycles. The van der Waals surface area contributed by atoms with Crippen LogP contribution in [0, 0.1) is 0 Å². The normalized spacial score (nSPS) is 13.2. The molecule has 1 aliphatic heterocycles. The van der Waals surface area contributed by atoms with Crippen LogP contribution in [0.15, 0.2) is 42.5 Å². The third-order valence-electron chi connectivity index (χ3n) is 3.99. The van der Waals surface area contributed by atoms with Crippen molar-refractivity contribution in [3.63, 3.8) is 0 Å². The van der Waals surface area contributed by atoms with E-state index in [4.69, 9.17) is 9.47 Å². The summed E-state index contributed by atoms with van der Waals surface area (Å²) in [6, 6.07) is 13.5. The van der Waals surface area contributed by atoms with E-state index in [-0.39, 0.29) is 6.54 Å². The van der Waals surface area contributed by atoms with Crippen molar-refractivity contribution in [2.45, 2.75) is 13.0 Å². The Bertz CT molecular complexity index is 902. The number of aliphatic carboxylic acids is 1. The number of ether oxygens (including phenoxy) is 2. The van der Waals surface area contributed by atoms with E-state index in [2.05, 4.69) is 4.98 Å². The monoisotopic (exact) mass is 324 g/mol. The van der Waals surface area contributed by atoms with E-state index >= 15 is 0 Å². The first-order chi connectivity index (χ1) is 11.7. The molecule has 0 radical (unpaired) electrons. The van der Waals surface area contributed by atoms with E-state index in [1.165, 1.54) is 0 Å². The van der Waals surface area contributed by atoms with Gasteiger partial charge in [-0.25, -0.2) is 4.98 Å². The first-order valence-electron chi connectivity index (χ1n) is 7.75. The third kappa shape index (κ3) is 2.67. The van der Waals surface area contributed by atoms with Crippen molar-refractivity contribution < 1.29 is 19.4 Å². The maximum Gasteiger partial charge on any atom is 0.323 e. The Balaban J connectivity index is 1.83. The highest BCUT2D eigenvalue weighted by atomic mass is 16.6. The minimum Gasteiger partial charge on any atom is -0.486 e. The van der Waals surface area contributed by atoms with Crippen LogP contribution in [0.1, 0.15) is 11.4 Å². The Morgan fingerprint density at radius 2 is 1.83 bits per heavy atom. The van der Waals surface area contributed by atoms with Gasteiger partial charge in [0.15, 0.2) is 11.5 Å². The lowest BCUT2D eigenvalue weighted by molar-refractivity contribution is -0.137. The van der Waals surface area contributed by atoms with Crippen molar-refractivity contribution in [3.8, 4) is 11.5 Å². The lowest BCUT2D eigenvalue weighted by Crippen LogP contribution is -2.15. The molecule has 3 aromatic rings. The van der Waals surface area contributed by atoms with Gasteiger partial charge in [-0.2, -0.15) is 0 Å². The number of hydrogen-bond donors (Lipinski definition) is 1. The van der Waals surface area contributed by atoms with E-state index in [1.807, 2.05) is 42.5 Å². The summed E-state index contributed by atoms with van der Waals surface area (Å²) < 4.78 is 12.9. The molecular weight excluding hydrogens is 308 g/mol. The van der Waals surface area contributed by atoms with E-state index in [0.717, 1.165) is 11.1 Å². The van der Waals surface area contributed by atoms with Gasteiger partial charge in [0.1, 0.15) is 25.6 Å². The molecule has 122 valence electrons. The average molecular weight is 324 g/mol. The molecule has 0 saturated heterocycles. The molecule has 0 atom stereocenters. The van der Waals surface area contributed by atoms with Crippen molar-refractivity contribution in [2.24, 2.45) is 0 Å². The first-order valence-corrected chi connectivity index (χ1v) is 7.75. The highest BCUT2D eigenvalue weighted by Gasteiger charge is 2.19. The van der Waals surface area contributed by atoms with Crippen LogP contribution >= 0.6 is 0 Å². The molecule has 2 aromatic carbocycles. The Hall–Kier alpha value is -3.02. The van der Waals surface area contributed by atoms with E-state index in [9.17, 15) is 9.90 Å². The molecule has 6 heteroatoms. The molecule has 0 amide bonds. The summed E-state index contributed by atoms with van der Waals surface area (Å²) in [5, 5.41) is 9.27. The number of carboxylic acids is 1. The lowest BCUT2D eigenvalue weighted by atomic mass is 10.1. The number of carboxylic acid groups (broad SMARTS) is 1. The Labute approximate surface area is 138 Å². The van der Waals surface area contributed by atoms with Crippen LogP contribution in [0.25, 0.3) is 11.0 Å². The lowest BCUT2D eigenvalue weighted by Gasteiger charge is -2.18. The molecule has 2 heterocycles. The fourth-order valence-electron chi connectivity index (χ4n) is 2.94. The van der Waals surface area contributed by atoms with Crippen LogP contribution in [0.4, 0.5) is 0 Å². The molecule has 4 rings (SSSR count). The molecule has 0 bridgehead atoms. The van der Waals surface area contributed by atoms with Crippen LogP contribution < -0.4 is 9.47 Å². The molecule has 0 aliphatic carbocycles. The Morgan fingerprint density at radius 1 is 1.12 bits per heavy atom. The number of imidazole rings is 1. The summed E-state index contributed by atoms with van der Waals surface area (Å²) in [7, 11) is 0. The summed E-state index contributed by atoms with van der Waals surface area (Å²) >= 11 is 0. The highest BCUT2D eigenvalue weighted by molar-refractivity contribution is 5.82. The molecule has 24 heavy (non-hydrogen) atoms. The third-order valence-corrected chi connectivity index (χ3v) is 3.99. The fraction of sp³-hybridized carbons (Fsp3) is 0.222. The predicted molar refractivity (Wildman–Crippen MR) is 87.6 cm³/mol. The minimum atomic E-state index is -0.904. The number of aromatic nitrogens is 2. The van der Waals surface area contributed by atoms with Crippen LogP contribution in [-0.4, -0.2) is 33.8 Å². The van der Waals surface area contributed by atoms with Gasteiger partial charge in [-0.15, -0.1) is 0 Å². The SMILES string of the molecule is O=C(O)Cn1c(Cc2ccccc2)nc2cc3c(cc21)OCCO3. The second-order valence-corrected chi connectivity index (χ2v) is 5.65. The molecule has 0 spiro atoms. The van der Waals surface area contributed by atoms with Crippen molar-refractivity contribution in [2.75, 3.05) is 13.2 Å². The van der Waals surface area contributed by atoms with Crippen molar-refractivity contribution in [1.82, 2.24) is 9.55 Å². The Morgan fingerprint density at radius 3 is 2.54 bits per heavy atom. The van der Waals surface area contributed by atoms with Crippen LogP contribution in [0.3, 0.4) is 0 Å². The number of fused-ring (bicyclic) bond motifs is 2. The molecular formula is C18H16N2O4. The van der Waals surface area contributed by atoms with Gasteiger partial charge in [-0.05, 0) is 5.56 Å². The number of hydrogen-bond acceptors (Lipinski definition) is 4. The quantitative estimate of drug-likeness (QED) is 0.798. The number of rotatable bonds is 4. The zero-order valence-electron chi connectivity index (χ0n) is 12.9. The summed E-state index contributed by atoms with van der Waals surface area (Å²) in [5.74, 6) is 1.09. The highest BCUT2D eigenvalue weighted by Crippen LogP contribution is 2.35. The molecule has 6 nitrogen and oxygen atoms in total. The van der Waals surface area contributed by atoms with Crippen molar-refractivity contribution >= 4 is 17.0 Å². The smallest absolute Gasteiger partial charge is 0.323 e. The molecule has 0 unspecified atom stereocenters. The van der Waals surface area contributed by atoms with E-state index in [1.54, 1.807) is 4.57 Å².